The van der Waals surface area contributed by atoms with Crippen LogP contribution in [0.4, 0.5) is 0 Å². The minimum Gasteiger partial charge on any atom is -0.414 e. The Hall–Kier alpha value is -1.41. The largest absolute Gasteiger partial charge is 0.414 e. The van der Waals surface area contributed by atoms with Crippen LogP contribution in [-0.2, 0) is 39.1 Å². The van der Waals surface area contributed by atoms with Crippen LogP contribution in [0, 0.1) is 11.8 Å². The van der Waals surface area contributed by atoms with Gasteiger partial charge in [-0.15, -0.1) is 0 Å². The van der Waals surface area contributed by atoms with Crippen LogP contribution in [-0.4, -0.2) is 72.1 Å². The summed E-state index contributed by atoms with van der Waals surface area (Å²) in [7, 11) is -4.07. The van der Waals surface area contributed by atoms with Crippen LogP contribution in [0.25, 0.3) is 0 Å². The standard InChI is InChI=1S/C43H70O7Si2/c1-31(23-25-44-29-33-18-14-12-15-19-33)40-32(2)26-35(46-40)27-36(49-52(10,11)42(3,4)5)28-39-43(6,50-51(7,8)9)24-22-37-38(47-39)30-45-41(48-37)34-20-16-13-17-21-34/h12-21,31-32,35-41H,22-30H2,1-11H3/t31-,32+,35-,36+,37-,38+,39-,40+,41+,43+/m0/s1. The van der Waals surface area contributed by atoms with Gasteiger partial charge in [-0.1, -0.05) is 95.3 Å². The topological polar surface area (TPSA) is 64.6 Å². The van der Waals surface area contributed by atoms with Crippen LogP contribution < -0.4 is 0 Å². The van der Waals surface area contributed by atoms with Gasteiger partial charge in [-0.3, -0.25) is 0 Å². The Kier molecular flexibility index (Phi) is 14.1. The van der Waals surface area contributed by atoms with Crippen LogP contribution in [0.1, 0.15) is 97.5 Å². The third-order valence-electron chi connectivity index (χ3n) is 11.9. The molecule has 5 rings (SSSR count). The van der Waals surface area contributed by atoms with E-state index < -0.39 is 22.2 Å². The van der Waals surface area contributed by atoms with E-state index in [-0.39, 0.29) is 48.0 Å². The molecule has 0 aliphatic carbocycles. The van der Waals surface area contributed by atoms with Gasteiger partial charge >= 0.3 is 0 Å². The van der Waals surface area contributed by atoms with Gasteiger partial charge in [0, 0.05) is 18.6 Å². The summed E-state index contributed by atoms with van der Waals surface area (Å²) in [5.74, 6) is 0.893. The molecule has 3 heterocycles. The molecule has 2 aromatic carbocycles. The molecular formula is C43H70O7Si2. The van der Waals surface area contributed by atoms with Gasteiger partial charge in [0.15, 0.2) is 22.9 Å². The fraction of sp³-hybridized carbons (Fsp3) is 0.721. The molecule has 3 aliphatic rings. The Morgan fingerprint density at radius 3 is 2.21 bits per heavy atom. The lowest BCUT2D eigenvalue weighted by Crippen LogP contribution is -2.53. The highest BCUT2D eigenvalue weighted by Crippen LogP contribution is 2.44. The second kappa shape index (κ2) is 17.6. The zero-order valence-electron chi connectivity index (χ0n) is 34.2. The first-order valence-corrected chi connectivity index (χ1v) is 26.4. The first-order chi connectivity index (χ1) is 24.4. The summed E-state index contributed by atoms with van der Waals surface area (Å²) >= 11 is 0. The molecule has 0 amide bonds. The molecule has 0 spiro atoms. The van der Waals surface area contributed by atoms with E-state index in [1.807, 2.05) is 24.3 Å². The fourth-order valence-corrected chi connectivity index (χ4v) is 11.1. The van der Waals surface area contributed by atoms with Crippen LogP contribution in [0.3, 0.4) is 0 Å². The molecule has 3 saturated heterocycles. The van der Waals surface area contributed by atoms with Crippen molar-refractivity contribution in [2.24, 2.45) is 11.8 Å². The van der Waals surface area contributed by atoms with E-state index in [4.69, 9.17) is 32.5 Å². The number of hydrogen-bond acceptors (Lipinski definition) is 7. The van der Waals surface area contributed by atoms with Crippen molar-refractivity contribution in [3.8, 4) is 0 Å². The maximum Gasteiger partial charge on any atom is 0.192 e. The molecular weight excluding hydrogens is 685 g/mol. The van der Waals surface area contributed by atoms with Crippen molar-refractivity contribution in [1.29, 1.82) is 0 Å². The van der Waals surface area contributed by atoms with Gasteiger partial charge in [0.25, 0.3) is 0 Å². The number of benzene rings is 2. The maximum absolute atomic E-state index is 7.35. The Morgan fingerprint density at radius 1 is 0.885 bits per heavy atom. The summed E-state index contributed by atoms with van der Waals surface area (Å²) < 4.78 is 47.6. The summed E-state index contributed by atoms with van der Waals surface area (Å²) in [6.45, 7) is 27.4. The lowest BCUT2D eigenvalue weighted by molar-refractivity contribution is -0.273. The normalized spacial score (nSPS) is 31.5. The molecule has 52 heavy (non-hydrogen) atoms. The Morgan fingerprint density at radius 2 is 1.56 bits per heavy atom. The van der Waals surface area contributed by atoms with E-state index >= 15 is 0 Å². The monoisotopic (exact) mass is 754 g/mol. The van der Waals surface area contributed by atoms with Crippen molar-refractivity contribution in [3.05, 3.63) is 71.8 Å². The molecule has 0 unspecified atom stereocenters. The summed E-state index contributed by atoms with van der Waals surface area (Å²) in [6, 6.07) is 20.7. The highest BCUT2D eigenvalue weighted by Gasteiger charge is 2.50. The molecule has 3 fully saturated rings. The van der Waals surface area contributed by atoms with Gasteiger partial charge in [0.2, 0.25) is 0 Å². The summed E-state index contributed by atoms with van der Waals surface area (Å²) in [6.07, 6.45) is 4.90. The van der Waals surface area contributed by atoms with E-state index in [0.29, 0.717) is 25.0 Å². The molecule has 0 aromatic heterocycles. The smallest absolute Gasteiger partial charge is 0.192 e. The highest BCUT2D eigenvalue weighted by molar-refractivity contribution is 6.74. The average molecular weight is 755 g/mol. The van der Waals surface area contributed by atoms with Crippen LogP contribution in [0.2, 0.25) is 37.8 Å². The number of rotatable bonds is 15. The van der Waals surface area contributed by atoms with Crippen molar-refractivity contribution in [3.63, 3.8) is 0 Å². The Labute approximate surface area is 318 Å². The molecule has 7 nitrogen and oxygen atoms in total. The summed E-state index contributed by atoms with van der Waals surface area (Å²) in [5, 5.41) is 0.0803. The van der Waals surface area contributed by atoms with Crippen molar-refractivity contribution < 1.29 is 32.5 Å². The molecule has 292 valence electrons. The molecule has 10 atom stereocenters. The molecule has 0 N–H and O–H groups in total. The predicted octanol–water partition coefficient (Wildman–Crippen LogP) is 10.5. The van der Waals surface area contributed by atoms with Crippen molar-refractivity contribution in [2.75, 3.05) is 13.2 Å². The van der Waals surface area contributed by atoms with Gasteiger partial charge in [-0.25, -0.2) is 0 Å². The van der Waals surface area contributed by atoms with Gasteiger partial charge in [0.1, 0.15) is 6.10 Å². The molecule has 0 bridgehead atoms. The Bertz CT molecular complexity index is 1360. The van der Waals surface area contributed by atoms with E-state index in [0.717, 1.165) is 50.7 Å². The third kappa shape index (κ3) is 11.3. The first kappa shape index (κ1) is 41.8. The van der Waals surface area contributed by atoms with Gasteiger partial charge in [-0.2, -0.15) is 0 Å². The SMILES string of the molecule is C[C@@H]1C[C@@H](C[C@H](C[C@@H]2O[C@@H]3CO[C@@H](c4ccccc4)O[C@H]3CC[C@@]2(C)O[Si](C)(C)C)O[Si](C)(C)C(C)(C)C)O[C@@H]1[C@@H](C)CCOCc1ccccc1. The van der Waals surface area contributed by atoms with Gasteiger partial charge < -0.3 is 32.5 Å². The van der Waals surface area contributed by atoms with Gasteiger partial charge in [-0.05, 0) is 94.2 Å². The first-order valence-electron chi connectivity index (χ1n) is 20.0. The third-order valence-corrected chi connectivity index (χ3v) is 17.5. The van der Waals surface area contributed by atoms with Crippen LogP contribution in [0.15, 0.2) is 60.7 Å². The van der Waals surface area contributed by atoms with Gasteiger partial charge in [0.05, 0.1) is 49.3 Å². The molecule has 0 saturated carbocycles. The quantitative estimate of drug-likeness (QED) is 0.132. The molecule has 0 radical (unpaired) electrons. The zero-order valence-corrected chi connectivity index (χ0v) is 36.2. The Balaban J connectivity index is 1.29. The minimum atomic E-state index is -2.13. The summed E-state index contributed by atoms with van der Waals surface area (Å²) in [5.41, 5.74) is 1.79. The highest BCUT2D eigenvalue weighted by atomic mass is 28.4. The minimum absolute atomic E-state index is 0.0186. The molecule has 2 aromatic rings. The number of ether oxygens (including phenoxy) is 5. The van der Waals surface area contributed by atoms with E-state index in [1.54, 1.807) is 0 Å². The second-order valence-corrected chi connectivity index (χ2v) is 27.9. The lowest BCUT2D eigenvalue weighted by Gasteiger charge is -2.45. The van der Waals surface area contributed by atoms with Crippen molar-refractivity contribution in [1.82, 2.24) is 0 Å². The predicted molar refractivity (Wildman–Crippen MR) is 214 cm³/mol. The lowest BCUT2D eigenvalue weighted by atomic mass is 9.87. The molecule has 3 aliphatic heterocycles. The maximum atomic E-state index is 7.35. The molecule has 9 heteroatoms. The van der Waals surface area contributed by atoms with E-state index in [2.05, 4.69) is 111 Å². The van der Waals surface area contributed by atoms with Crippen molar-refractivity contribution >= 4 is 16.6 Å². The second-order valence-electron chi connectivity index (χ2n) is 18.7. The van der Waals surface area contributed by atoms with E-state index in [1.165, 1.54) is 5.56 Å². The number of hydrogen-bond donors (Lipinski definition) is 0. The fourth-order valence-electron chi connectivity index (χ4n) is 8.13. The van der Waals surface area contributed by atoms with Crippen molar-refractivity contribution in [2.45, 2.75) is 173 Å². The van der Waals surface area contributed by atoms with E-state index in [9.17, 15) is 0 Å². The number of fused-ring (bicyclic) bond motifs is 1. The zero-order chi connectivity index (χ0) is 37.7. The summed E-state index contributed by atoms with van der Waals surface area (Å²) in [4.78, 5) is 0. The van der Waals surface area contributed by atoms with Crippen LogP contribution >= 0.6 is 0 Å². The van der Waals surface area contributed by atoms with Crippen LogP contribution in [0.5, 0.6) is 0 Å². The average Bonchev–Trinajstić information content (AvgIpc) is 3.38.